The van der Waals surface area contributed by atoms with E-state index < -0.39 is 11.9 Å². The Hall–Kier alpha value is -6.60. The SMILES string of the molecule is CCOC(=O)c1sc2sc(C(=O)OCC)c3c2c1CSc1nnc(-c2ccccc2)n1/N=C/c1ccccc1OCCCOc1ccccc1/C=N/n1c(nnc1-c1ccccc1)SC3. The van der Waals surface area contributed by atoms with Crippen LogP contribution in [-0.2, 0) is 21.0 Å². The van der Waals surface area contributed by atoms with Crippen LogP contribution in [0.25, 0.3) is 32.2 Å². The molecule has 0 unspecified atom stereocenters. The Morgan fingerprint density at radius 1 is 0.585 bits per heavy atom. The van der Waals surface area contributed by atoms with Crippen molar-refractivity contribution in [2.45, 2.75) is 42.1 Å². The molecule has 4 aromatic carbocycles. The second-order valence-corrected chi connectivity index (χ2v) is 18.3. The van der Waals surface area contributed by atoms with E-state index in [0.717, 1.165) is 31.7 Å². The van der Waals surface area contributed by atoms with Crippen LogP contribution in [0.15, 0.2) is 130 Å². The number of thioether (sulfide) groups is 2. The Morgan fingerprint density at radius 2 is 1.02 bits per heavy atom. The number of para-hydroxylation sites is 2. The molecule has 0 radical (unpaired) electrons. The molecule has 9 rings (SSSR count). The number of benzene rings is 4. The van der Waals surface area contributed by atoms with Crippen molar-refractivity contribution in [3.63, 3.8) is 0 Å². The number of fused-ring (bicyclic) bond motifs is 4. The normalized spacial score (nSPS) is 14.3. The summed E-state index contributed by atoms with van der Waals surface area (Å²) in [6.07, 6.45) is 4.07. The average molecular weight is 941 g/mol. The molecule has 18 heteroatoms. The van der Waals surface area contributed by atoms with Gasteiger partial charge >= 0.3 is 11.9 Å². The summed E-state index contributed by atoms with van der Waals surface area (Å²) in [5, 5.41) is 30.0. The first kappa shape index (κ1) is 43.6. The molecule has 5 heterocycles. The van der Waals surface area contributed by atoms with Gasteiger partial charge in [-0.15, -0.1) is 43.1 Å². The summed E-state index contributed by atoms with van der Waals surface area (Å²) >= 11 is 5.34. The molecule has 0 spiro atoms. The molecule has 1 aliphatic heterocycles. The lowest BCUT2D eigenvalue weighted by atomic mass is 10.1. The Labute approximate surface area is 390 Å². The molecule has 328 valence electrons. The van der Waals surface area contributed by atoms with Crippen molar-refractivity contribution in [1.82, 2.24) is 29.7 Å². The number of thiophene rings is 2. The number of esters is 2. The number of carbonyl (C=O) groups is 2. The van der Waals surface area contributed by atoms with Crippen LogP contribution in [0.1, 0.15) is 61.9 Å². The van der Waals surface area contributed by atoms with E-state index in [2.05, 4.69) is 20.4 Å². The van der Waals surface area contributed by atoms with E-state index in [9.17, 15) is 9.59 Å². The van der Waals surface area contributed by atoms with Gasteiger partial charge in [0.2, 0.25) is 10.3 Å². The fourth-order valence-corrected chi connectivity index (χ4v) is 11.5. The summed E-state index contributed by atoms with van der Waals surface area (Å²) in [5.41, 5.74) is 4.55. The third kappa shape index (κ3) is 9.61. The van der Waals surface area contributed by atoms with Gasteiger partial charge in [0.05, 0.1) is 42.9 Å². The highest BCUT2D eigenvalue weighted by atomic mass is 32.2. The molecule has 0 saturated carbocycles. The number of aromatic nitrogens is 6. The Balaban J connectivity index is 1.19. The van der Waals surface area contributed by atoms with Gasteiger partial charge in [0.15, 0.2) is 11.6 Å². The Bertz CT molecular complexity index is 2820. The van der Waals surface area contributed by atoms with E-state index in [1.165, 1.54) is 46.2 Å². The molecule has 0 bridgehead atoms. The maximum Gasteiger partial charge on any atom is 0.348 e. The number of nitrogens with zero attached hydrogens (tertiary/aromatic N) is 8. The van der Waals surface area contributed by atoms with Gasteiger partial charge in [-0.25, -0.2) is 9.59 Å². The molecule has 0 fully saturated rings. The summed E-state index contributed by atoms with van der Waals surface area (Å²) in [4.78, 5) is 28.4. The minimum atomic E-state index is -0.451. The van der Waals surface area contributed by atoms with Crippen LogP contribution < -0.4 is 9.47 Å². The van der Waals surface area contributed by atoms with Gasteiger partial charge in [0.1, 0.15) is 21.3 Å². The fourth-order valence-electron chi connectivity index (χ4n) is 6.91. The van der Waals surface area contributed by atoms with Crippen molar-refractivity contribution in [2.75, 3.05) is 26.4 Å². The topological polar surface area (TPSA) is 157 Å². The number of hydrogen-bond donors (Lipinski definition) is 0. The van der Waals surface area contributed by atoms with E-state index in [-0.39, 0.29) is 24.7 Å². The minimum Gasteiger partial charge on any atom is -0.493 e. The highest BCUT2D eigenvalue weighted by Gasteiger charge is 2.30. The first-order valence-corrected chi connectivity index (χ1v) is 24.3. The molecule has 8 aromatic rings. The summed E-state index contributed by atoms with van der Waals surface area (Å²) < 4.78 is 28.0. The van der Waals surface area contributed by atoms with E-state index >= 15 is 0 Å². The number of hydrogen-bond acceptors (Lipinski definition) is 16. The van der Waals surface area contributed by atoms with Crippen molar-refractivity contribution < 1.29 is 28.5 Å². The number of carbonyl (C=O) groups excluding carboxylic acids is 2. The van der Waals surface area contributed by atoms with E-state index in [4.69, 9.17) is 29.2 Å². The molecular formula is C47H40N8O6S4. The van der Waals surface area contributed by atoms with Crippen LogP contribution in [0, 0.1) is 0 Å². The van der Waals surface area contributed by atoms with Gasteiger partial charge in [-0.2, -0.15) is 19.6 Å². The molecule has 65 heavy (non-hydrogen) atoms. The molecule has 0 atom stereocenters. The molecule has 14 nitrogen and oxygen atoms in total. The largest absolute Gasteiger partial charge is 0.493 e. The average Bonchev–Trinajstić information content (AvgIpc) is 4.12. The predicted octanol–water partition coefficient (Wildman–Crippen LogP) is 10.3. The summed E-state index contributed by atoms with van der Waals surface area (Å²) in [7, 11) is 0. The zero-order valence-corrected chi connectivity index (χ0v) is 38.4. The zero-order valence-electron chi connectivity index (χ0n) is 35.2. The van der Waals surface area contributed by atoms with Crippen molar-refractivity contribution in [2.24, 2.45) is 10.2 Å². The lowest BCUT2D eigenvalue weighted by molar-refractivity contribution is 0.0522. The Kier molecular flexibility index (Phi) is 13.8. The van der Waals surface area contributed by atoms with Crippen molar-refractivity contribution in [1.29, 1.82) is 0 Å². The van der Waals surface area contributed by atoms with Crippen molar-refractivity contribution >= 4 is 80.0 Å². The van der Waals surface area contributed by atoms with Gasteiger partial charge in [0, 0.05) is 45.6 Å². The lowest BCUT2D eigenvalue weighted by Gasteiger charge is -2.12. The third-order valence-corrected chi connectivity index (χ3v) is 14.3. The Morgan fingerprint density at radius 3 is 1.46 bits per heavy atom. The van der Waals surface area contributed by atoms with Crippen LogP contribution in [0.5, 0.6) is 11.5 Å². The predicted molar refractivity (Wildman–Crippen MR) is 256 cm³/mol. The van der Waals surface area contributed by atoms with Crippen LogP contribution >= 0.6 is 46.2 Å². The molecule has 1 aliphatic rings. The van der Waals surface area contributed by atoms with Crippen LogP contribution in [-0.4, -0.2) is 80.5 Å². The lowest BCUT2D eigenvalue weighted by Crippen LogP contribution is -2.08. The second-order valence-electron chi connectivity index (χ2n) is 14.1. The van der Waals surface area contributed by atoms with Crippen LogP contribution in [0.3, 0.4) is 0 Å². The maximum atomic E-state index is 13.7. The van der Waals surface area contributed by atoms with E-state index in [0.29, 0.717) is 74.0 Å². The fraction of sp³-hybridized carbons (Fsp3) is 0.191. The smallest absolute Gasteiger partial charge is 0.348 e. The summed E-state index contributed by atoms with van der Waals surface area (Å²) in [5.74, 6) is 2.01. The van der Waals surface area contributed by atoms with Gasteiger partial charge in [-0.05, 0) is 49.2 Å². The van der Waals surface area contributed by atoms with Crippen molar-refractivity contribution in [3.05, 3.63) is 141 Å². The summed E-state index contributed by atoms with van der Waals surface area (Å²) in [6.45, 7) is 4.73. The first-order chi connectivity index (χ1) is 32.0. The standard InChI is InChI=1S/C47H40N8O6S4/c1-3-58-43(56)39-34-28-62-46-52-50-41(30-16-7-5-8-17-30)54(46)48-26-32-20-11-13-22-36(32)60-24-15-25-61-37-23-14-12-21-33(37)27-49-55-42(31-18-9-6-10-19-31)51-53-47(55)63-29-35-38(34)45(64-39)65-40(35)44(57)59-4-2/h5-14,16-23,26-27H,3-4,15,24-25,28-29H2,1-2H3/b48-26+,49-27+. The first-order valence-electron chi connectivity index (χ1n) is 20.7. The van der Waals surface area contributed by atoms with Gasteiger partial charge in [-0.3, -0.25) is 0 Å². The van der Waals surface area contributed by atoms with Gasteiger partial charge in [-0.1, -0.05) is 108 Å². The highest BCUT2D eigenvalue weighted by Crippen LogP contribution is 2.46. The molecule has 0 amide bonds. The minimum absolute atomic E-state index is 0.193. The van der Waals surface area contributed by atoms with E-state index in [1.54, 1.807) is 35.6 Å². The zero-order chi connectivity index (χ0) is 44.5. The molecule has 0 N–H and O–H groups in total. The van der Waals surface area contributed by atoms with Crippen LogP contribution in [0.2, 0.25) is 0 Å². The summed E-state index contributed by atoms with van der Waals surface area (Å²) in [6, 6.07) is 34.8. The number of rotatable bonds is 6. The third-order valence-electron chi connectivity index (χ3n) is 9.91. The number of ether oxygens (including phenoxy) is 4. The maximum absolute atomic E-state index is 13.7. The van der Waals surface area contributed by atoms with Crippen LogP contribution in [0.4, 0.5) is 0 Å². The van der Waals surface area contributed by atoms with Gasteiger partial charge in [0.25, 0.3) is 0 Å². The monoisotopic (exact) mass is 940 g/mol. The van der Waals surface area contributed by atoms with Crippen molar-refractivity contribution in [3.8, 4) is 34.3 Å². The highest BCUT2D eigenvalue weighted by molar-refractivity contribution is 7.98. The van der Waals surface area contributed by atoms with Gasteiger partial charge < -0.3 is 18.9 Å². The second kappa shape index (κ2) is 20.5. The molecular weight excluding hydrogens is 901 g/mol. The van der Waals surface area contributed by atoms with E-state index in [1.807, 2.05) is 109 Å². The molecule has 0 saturated heterocycles. The quantitative estimate of drug-likeness (QED) is 0.146. The molecule has 4 aromatic heterocycles. The molecule has 0 aliphatic carbocycles.